The first-order valence-corrected chi connectivity index (χ1v) is 15.3. The normalized spacial score (nSPS) is 16.4. The Morgan fingerprint density at radius 1 is 1.00 bits per heavy atom. The predicted octanol–water partition coefficient (Wildman–Crippen LogP) is 3.88. The molecule has 1 N–H and O–H groups in total. The zero-order valence-corrected chi connectivity index (χ0v) is 25.3. The highest BCUT2D eigenvalue weighted by atomic mass is 32.1. The molecule has 3 heterocycles. The minimum Gasteiger partial charge on any atom is -0.497 e. The number of hydrogen-bond donors (Lipinski definition) is 1. The Hall–Kier alpha value is -4.96. The monoisotopic (exact) mass is 608 g/mol. The van der Waals surface area contributed by atoms with E-state index < -0.39 is 6.04 Å². The summed E-state index contributed by atoms with van der Waals surface area (Å²) in [6.07, 6.45) is 3.87. The lowest BCUT2D eigenvalue weighted by Gasteiger charge is -2.25. The molecule has 4 aromatic rings. The number of allylic oxidation sites excluding steroid dienone is 1. The van der Waals surface area contributed by atoms with Crippen molar-refractivity contribution in [1.82, 2.24) is 9.47 Å². The molecule has 3 aromatic carbocycles. The Bertz CT molecular complexity index is 1910. The quantitative estimate of drug-likeness (QED) is 0.327. The van der Waals surface area contributed by atoms with Crippen molar-refractivity contribution in [2.75, 3.05) is 32.1 Å². The topological polar surface area (TPSA) is 102 Å². The predicted molar refractivity (Wildman–Crippen MR) is 170 cm³/mol. The molecule has 0 spiro atoms. The molecule has 0 unspecified atom stereocenters. The van der Waals surface area contributed by atoms with Crippen LogP contribution in [0.25, 0.3) is 6.08 Å². The van der Waals surface area contributed by atoms with Crippen LogP contribution in [0.15, 0.2) is 99.9 Å². The van der Waals surface area contributed by atoms with Crippen LogP contribution in [0.1, 0.15) is 36.9 Å². The number of para-hydroxylation sites is 1. The summed E-state index contributed by atoms with van der Waals surface area (Å²) in [6.45, 7) is 3.37. The first kappa shape index (κ1) is 29.1. The van der Waals surface area contributed by atoms with Crippen molar-refractivity contribution in [3.05, 3.63) is 121 Å². The van der Waals surface area contributed by atoms with Crippen molar-refractivity contribution >= 4 is 34.9 Å². The maximum atomic E-state index is 14.0. The zero-order valence-electron chi connectivity index (χ0n) is 24.5. The van der Waals surface area contributed by atoms with Crippen LogP contribution in [-0.2, 0) is 9.59 Å². The molecule has 2 aliphatic rings. The zero-order chi connectivity index (χ0) is 30.6. The summed E-state index contributed by atoms with van der Waals surface area (Å²) in [5.74, 6) is 0.856. The van der Waals surface area contributed by atoms with E-state index in [0.717, 1.165) is 37.1 Å². The van der Waals surface area contributed by atoms with Crippen LogP contribution in [0.3, 0.4) is 0 Å². The van der Waals surface area contributed by atoms with Gasteiger partial charge in [-0.1, -0.05) is 53.8 Å². The molecular formula is C34H32N4O5S. The van der Waals surface area contributed by atoms with Crippen LogP contribution in [0, 0.1) is 0 Å². The van der Waals surface area contributed by atoms with E-state index in [1.54, 1.807) is 36.8 Å². The largest absolute Gasteiger partial charge is 0.497 e. The minimum atomic E-state index is -0.712. The first-order valence-electron chi connectivity index (χ1n) is 14.4. The summed E-state index contributed by atoms with van der Waals surface area (Å²) in [5.41, 5.74) is 2.83. The van der Waals surface area contributed by atoms with Crippen molar-refractivity contribution in [2.24, 2.45) is 4.99 Å². The summed E-state index contributed by atoms with van der Waals surface area (Å²) in [4.78, 5) is 47.1. The molecule has 10 heteroatoms. The Morgan fingerprint density at radius 2 is 1.75 bits per heavy atom. The number of anilines is 1. The molecular weight excluding hydrogens is 576 g/mol. The van der Waals surface area contributed by atoms with Crippen molar-refractivity contribution in [3.8, 4) is 11.5 Å². The van der Waals surface area contributed by atoms with Crippen LogP contribution in [0.2, 0.25) is 0 Å². The number of aromatic nitrogens is 1. The molecule has 0 saturated carbocycles. The molecule has 224 valence electrons. The van der Waals surface area contributed by atoms with Crippen molar-refractivity contribution in [1.29, 1.82) is 0 Å². The number of fused-ring (bicyclic) bond motifs is 1. The van der Waals surface area contributed by atoms with E-state index in [2.05, 4.69) is 5.32 Å². The van der Waals surface area contributed by atoms with E-state index in [9.17, 15) is 14.4 Å². The number of nitrogens with zero attached hydrogens (tertiary/aromatic N) is 3. The SMILES string of the molecule is COc1cccc([C@H]2C(C(=O)Nc3ccccc3)=C(C)N=c3s/c(=C/c4ccc(OCC(=O)N5CCCC5)cc4)c(=O)n32)c1. The number of benzene rings is 3. The van der Waals surface area contributed by atoms with Crippen LogP contribution >= 0.6 is 11.3 Å². The molecule has 9 nitrogen and oxygen atoms in total. The van der Waals surface area contributed by atoms with Gasteiger partial charge in [0, 0.05) is 18.8 Å². The molecule has 0 aliphatic carbocycles. The fourth-order valence-electron chi connectivity index (χ4n) is 5.47. The van der Waals surface area contributed by atoms with Gasteiger partial charge < -0.3 is 19.7 Å². The number of likely N-dealkylation sites (tertiary alicyclic amines) is 1. The van der Waals surface area contributed by atoms with Crippen LogP contribution in [0.5, 0.6) is 11.5 Å². The van der Waals surface area contributed by atoms with Gasteiger partial charge in [0.15, 0.2) is 11.4 Å². The average Bonchev–Trinajstić information content (AvgIpc) is 3.69. The van der Waals surface area contributed by atoms with E-state index in [-0.39, 0.29) is 24.0 Å². The second-order valence-corrected chi connectivity index (χ2v) is 11.6. The molecule has 2 amide bonds. The Labute approximate surface area is 258 Å². The maximum Gasteiger partial charge on any atom is 0.271 e. The van der Waals surface area contributed by atoms with Crippen molar-refractivity contribution in [3.63, 3.8) is 0 Å². The fraction of sp³-hybridized carbons (Fsp3) is 0.235. The van der Waals surface area contributed by atoms with Crippen LogP contribution in [0.4, 0.5) is 5.69 Å². The molecule has 1 saturated heterocycles. The van der Waals surface area contributed by atoms with Gasteiger partial charge in [0.25, 0.3) is 17.4 Å². The number of rotatable bonds is 8. The number of ether oxygens (including phenoxy) is 2. The van der Waals surface area contributed by atoms with Gasteiger partial charge in [-0.05, 0) is 73.4 Å². The van der Waals surface area contributed by atoms with Crippen LogP contribution in [-0.4, -0.2) is 48.1 Å². The van der Waals surface area contributed by atoms with Crippen molar-refractivity contribution in [2.45, 2.75) is 25.8 Å². The van der Waals surface area contributed by atoms with E-state index in [4.69, 9.17) is 14.5 Å². The molecule has 1 fully saturated rings. The van der Waals surface area contributed by atoms with Gasteiger partial charge in [-0.25, -0.2) is 4.99 Å². The molecule has 0 radical (unpaired) electrons. The van der Waals surface area contributed by atoms with E-state index >= 15 is 0 Å². The number of carbonyl (C=O) groups excluding carboxylic acids is 2. The minimum absolute atomic E-state index is 0.00174. The number of thiazole rings is 1. The van der Waals surface area contributed by atoms with Crippen LogP contribution < -0.4 is 29.7 Å². The van der Waals surface area contributed by atoms with Crippen molar-refractivity contribution < 1.29 is 19.1 Å². The van der Waals surface area contributed by atoms with Gasteiger partial charge in [-0.2, -0.15) is 0 Å². The summed E-state index contributed by atoms with van der Waals surface area (Å²) in [7, 11) is 1.58. The Morgan fingerprint density at radius 3 is 2.48 bits per heavy atom. The second-order valence-electron chi connectivity index (χ2n) is 10.6. The summed E-state index contributed by atoms with van der Waals surface area (Å²) in [6, 6.07) is 23.1. The third-order valence-corrected chi connectivity index (χ3v) is 8.69. The molecule has 2 aliphatic heterocycles. The molecule has 1 aromatic heterocycles. The van der Waals surface area contributed by atoms with Gasteiger partial charge in [0.2, 0.25) is 0 Å². The number of methoxy groups -OCH3 is 1. The number of hydrogen-bond acceptors (Lipinski definition) is 7. The van der Waals surface area contributed by atoms with Gasteiger partial charge in [-0.3, -0.25) is 19.0 Å². The second kappa shape index (κ2) is 12.7. The highest BCUT2D eigenvalue weighted by molar-refractivity contribution is 7.07. The Kier molecular flexibility index (Phi) is 8.42. The lowest BCUT2D eigenvalue weighted by atomic mass is 9.95. The first-order chi connectivity index (χ1) is 21.4. The average molecular weight is 609 g/mol. The lowest BCUT2D eigenvalue weighted by molar-refractivity contribution is -0.132. The summed E-state index contributed by atoms with van der Waals surface area (Å²) in [5, 5.41) is 2.96. The number of carbonyl (C=O) groups is 2. The third-order valence-electron chi connectivity index (χ3n) is 7.71. The number of amides is 2. The maximum absolute atomic E-state index is 14.0. The highest BCUT2D eigenvalue weighted by Gasteiger charge is 2.32. The number of nitrogens with one attached hydrogen (secondary N) is 1. The molecule has 6 rings (SSSR count). The van der Waals surface area contributed by atoms with Gasteiger partial charge in [-0.15, -0.1) is 0 Å². The highest BCUT2D eigenvalue weighted by Crippen LogP contribution is 2.32. The van der Waals surface area contributed by atoms with Gasteiger partial charge in [0.05, 0.1) is 29.0 Å². The van der Waals surface area contributed by atoms with Gasteiger partial charge in [0.1, 0.15) is 11.5 Å². The Balaban J connectivity index is 1.33. The third kappa shape index (κ3) is 6.07. The van der Waals surface area contributed by atoms with Gasteiger partial charge >= 0.3 is 0 Å². The standard InChI is InChI=1S/C34H32N4O5S/c1-22-30(32(40)36-25-10-4-3-5-11-25)31(24-9-8-12-27(20-24)42-2)38-33(41)28(44-34(38)35-22)19-23-13-15-26(16-14-23)43-21-29(39)37-17-6-7-18-37/h3-5,8-16,19-20,31H,6-7,17-18,21H2,1-2H3,(H,36,40)/b28-19+/t31-/m0/s1. The fourth-order valence-corrected chi connectivity index (χ4v) is 6.52. The van der Waals surface area contributed by atoms with E-state index in [0.29, 0.717) is 37.8 Å². The smallest absolute Gasteiger partial charge is 0.271 e. The lowest BCUT2D eigenvalue weighted by Crippen LogP contribution is -2.40. The summed E-state index contributed by atoms with van der Waals surface area (Å²) >= 11 is 1.27. The summed E-state index contributed by atoms with van der Waals surface area (Å²) < 4.78 is 13.2. The molecule has 1 atom stereocenters. The molecule has 0 bridgehead atoms. The van der Waals surface area contributed by atoms with E-state index in [1.807, 2.05) is 71.6 Å². The van der Waals surface area contributed by atoms with E-state index in [1.165, 1.54) is 11.3 Å². The molecule has 44 heavy (non-hydrogen) atoms.